The van der Waals surface area contributed by atoms with Gasteiger partial charge in [0.1, 0.15) is 5.82 Å². The molecule has 3 heteroatoms. The maximum atomic E-state index is 9.06. The topological polar surface area (TPSA) is 41.6 Å². The Balaban J connectivity index is 2.04. The number of hydrogen-bond donors (Lipinski definition) is 0. The van der Waals surface area contributed by atoms with Gasteiger partial charge in [0.05, 0.1) is 23.5 Å². The van der Waals surface area contributed by atoms with Crippen LogP contribution in [0.4, 0.5) is 0 Å². The fraction of sp³-hybridized carbons (Fsp3) is 0.529. The van der Waals surface area contributed by atoms with Gasteiger partial charge in [-0.25, -0.2) is 4.98 Å². The van der Waals surface area contributed by atoms with E-state index in [1.54, 1.807) is 0 Å². The lowest BCUT2D eigenvalue weighted by atomic mass is 9.84. The summed E-state index contributed by atoms with van der Waals surface area (Å²) in [5.74, 6) is 1.76. The average Bonchev–Trinajstić information content (AvgIpc) is 2.85. The van der Waals surface area contributed by atoms with Gasteiger partial charge in [0.15, 0.2) is 0 Å². The molecule has 0 bridgehead atoms. The molecule has 2 unspecified atom stereocenters. The van der Waals surface area contributed by atoms with Gasteiger partial charge in [-0.3, -0.25) is 0 Å². The van der Waals surface area contributed by atoms with E-state index in [9.17, 15) is 0 Å². The van der Waals surface area contributed by atoms with Crippen molar-refractivity contribution in [2.75, 3.05) is 0 Å². The summed E-state index contributed by atoms with van der Waals surface area (Å²) in [7, 11) is 0. The Morgan fingerprint density at radius 2 is 2.20 bits per heavy atom. The molecular formula is C17H21N3. The first kappa shape index (κ1) is 13.2. The number of para-hydroxylation sites is 2. The van der Waals surface area contributed by atoms with Crippen molar-refractivity contribution < 1.29 is 0 Å². The maximum Gasteiger partial charge on any atom is 0.124 e. The first-order valence-corrected chi connectivity index (χ1v) is 7.66. The van der Waals surface area contributed by atoms with Crippen molar-refractivity contribution in [1.29, 1.82) is 5.26 Å². The van der Waals surface area contributed by atoms with Crippen LogP contribution in [0.25, 0.3) is 11.0 Å². The molecule has 0 amide bonds. The molecule has 1 fully saturated rings. The van der Waals surface area contributed by atoms with Gasteiger partial charge >= 0.3 is 0 Å². The highest BCUT2D eigenvalue weighted by atomic mass is 15.1. The van der Waals surface area contributed by atoms with Gasteiger partial charge in [-0.15, -0.1) is 0 Å². The van der Waals surface area contributed by atoms with Crippen LogP contribution in [0.15, 0.2) is 24.3 Å². The molecular weight excluding hydrogens is 246 g/mol. The molecule has 0 aliphatic heterocycles. The summed E-state index contributed by atoms with van der Waals surface area (Å²) in [6.07, 6.45) is 6.76. The zero-order valence-electron chi connectivity index (χ0n) is 12.0. The lowest BCUT2D eigenvalue weighted by molar-refractivity contribution is 0.262. The molecule has 1 heterocycles. The normalized spacial score (nSPS) is 22.8. The van der Waals surface area contributed by atoms with Gasteiger partial charge in [-0.05, 0) is 30.9 Å². The Bertz CT molecular complexity index is 635. The van der Waals surface area contributed by atoms with E-state index in [0.717, 1.165) is 17.3 Å². The van der Waals surface area contributed by atoms with Gasteiger partial charge < -0.3 is 4.57 Å². The Hall–Kier alpha value is -1.82. The predicted octanol–water partition coefficient (Wildman–Crippen LogP) is 4.24. The highest BCUT2D eigenvalue weighted by Crippen LogP contribution is 2.36. The summed E-state index contributed by atoms with van der Waals surface area (Å²) >= 11 is 0. The van der Waals surface area contributed by atoms with Crippen molar-refractivity contribution in [1.82, 2.24) is 9.55 Å². The van der Waals surface area contributed by atoms with E-state index in [1.165, 1.54) is 37.6 Å². The van der Waals surface area contributed by atoms with E-state index in [0.29, 0.717) is 12.5 Å². The molecule has 0 radical (unpaired) electrons. The number of rotatable bonds is 3. The Labute approximate surface area is 120 Å². The highest BCUT2D eigenvalue weighted by molar-refractivity contribution is 5.76. The van der Waals surface area contributed by atoms with E-state index < -0.39 is 0 Å². The van der Waals surface area contributed by atoms with Crippen molar-refractivity contribution in [3.63, 3.8) is 0 Å². The number of nitrogens with zero attached hydrogens (tertiary/aromatic N) is 3. The first-order valence-electron chi connectivity index (χ1n) is 7.66. The van der Waals surface area contributed by atoms with E-state index in [2.05, 4.69) is 34.7 Å². The predicted molar refractivity (Wildman–Crippen MR) is 80.3 cm³/mol. The second-order valence-corrected chi connectivity index (χ2v) is 5.82. The van der Waals surface area contributed by atoms with E-state index in [-0.39, 0.29) is 0 Å². The number of fused-ring (bicyclic) bond motifs is 1. The third kappa shape index (κ3) is 2.31. The van der Waals surface area contributed by atoms with Crippen molar-refractivity contribution in [3.05, 3.63) is 30.1 Å². The van der Waals surface area contributed by atoms with Gasteiger partial charge in [-0.1, -0.05) is 38.3 Å². The fourth-order valence-electron chi connectivity index (χ4n) is 3.57. The number of benzene rings is 1. The molecule has 20 heavy (non-hydrogen) atoms. The molecule has 1 aromatic heterocycles. The Morgan fingerprint density at radius 3 is 3.00 bits per heavy atom. The van der Waals surface area contributed by atoms with Gasteiger partial charge in [0.2, 0.25) is 0 Å². The molecule has 2 aromatic rings. The SMILES string of the molecule is CCC1CCCC(n2c(CC#N)nc3ccccc32)C1. The summed E-state index contributed by atoms with van der Waals surface area (Å²) in [5.41, 5.74) is 2.22. The van der Waals surface area contributed by atoms with E-state index in [4.69, 9.17) is 5.26 Å². The Morgan fingerprint density at radius 1 is 1.35 bits per heavy atom. The van der Waals surface area contributed by atoms with Crippen LogP contribution in [0.3, 0.4) is 0 Å². The summed E-state index contributed by atoms with van der Waals surface area (Å²) in [6, 6.07) is 11.1. The lowest BCUT2D eigenvalue weighted by Gasteiger charge is -2.30. The molecule has 1 saturated carbocycles. The lowest BCUT2D eigenvalue weighted by Crippen LogP contribution is -2.20. The smallest absolute Gasteiger partial charge is 0.124 e. The van der Waals surface area contributed by atoms with Gasteiger partial charge in [0.25, 0.3) is 0 Å². The molecule has 0 saturated heterocycles. The largest absolute Gasteiger partial charge is 0.324 e. The zero-order chi connectivity index (χ0) is 13.9. The number of hydrogen-bond acceptors (Lipinski definition) is 2. The fourth-order valence-corrected chi connectivity index (χ4v) is 3.57. The van der Waals surface area contributed by atoms with Gasteiger partial charge in [-0.2, -0.15) is 5.26 Å². The molecule has 0 spiro atoms. The van der Waals surface area contributed by atoms with E-state index in [1.807, 2.05) is 12.1 Å². The summed E-state index contributed by atoms with van der Waals surface area (Å²) in [5, 5.41) is 9.06. The van der Waals surface area contributed by atoms with Crippen LogP contribution in [0.5, 0.6) is 0 Å². The van der Waals surface area contributed by atoms with Crippen molar-refractivity contribution in [2.45, 2.75) is 51.5 Å². The minimum atomic E-state index is 0.405. The standard InChI is InChI=1S/C17H21N3/c1-2-13-6-5-7-14(12-13)20-16-9-4-3-8-15(16)19-17(20)10-11-18/h3-4,8-9,13-14H,2,5-7,10,12H2,1H3. The van der Waals surface area contributed by atoms with Crippen LogP contribution in [-0.2, 0) is 6.42 Å². The quantitative estimate of drug-likeness (QED) is 0.834. The molecule has 2 atom stereocenters. The summed E-state index contributed by atoms with van der Waals surface area (Å²) < 4.78 is 2.35. The van der Waals surface area contributed by atoms with Crippen molar-refractivity contribution in [2.24, 2.45) is 5.92 Å². The van der Waals surface area contributed by atoms with Crippen LogP contribution < -0.4 is 0 Å². The molecule has 3 rings (SSSR count). The molecule has 1 aromatic carbocycles. The average molecular weight is 267 g/mol. The van der Waals surface area contributed by atoms with Crippen molar-refractivity contribution in [3.8, 4) is 6.07 Å². The molecule has 1 aliphatic rings. The minimum absolute atomic E-state index is 0.405. The van der Waals surface area contributed by atoms with Crippen LogP contribution in [0.1, 0.15) is 50.9 Å². The third-order valence-electron chi connectivity index (χ3n) is 4.60. The molecule has 104 valence electrons. The monoisotopic (exact) mass is 267 g/mol. The second kappa shape index (κ2) is 5.66. The highest BCUT2D eigenvalue weighted by Gasteiger charge is 2.25. The maximum absolute atomic E-state index is 9.06. The zero-order valence-corrected chi connectivity index (χ0v) is 12.0. The van der Waals surface area contributed by atoms with E-state index >= 15 is 0 Å². The van der Waals surface area contributed by atoms with Crippen LogP contribution >= 0.6 is 0 Å². The first-order chi connectivity index (χ1) is 9.83. The molecule has 3 nitrogen and oxygen atoms in total. The number of imidazole rings is 1. The minimum Gasteiger partial charge on any atom is -0.324 e. The van der Waals surface area contributed by atoms with Crippen molar-refractivity contribution >= 4 is 11.0 Å². The molecule has 1 aliphatic carbocycles. The second-order valence-electron chi connectivity index (χ2n) is 5.82. The van der Waals surface area contributed by atoms with Crippen LogP contribution in [-0.4, -0.2) is 9.55 Å². The summed E-state index contributed by atoms with van der Waals surface area (Å²) in [6.45, 7) is 2.29. The molecule has 0 N–H and O–H groups in total. The van der Waals surface area contributed by atoms with Crippen LogP contribution in [0, 0.1) is 17.2 Å². The Kier molecular flexibility index (Phi) is 3.73. The number of nitriles is 1. The summed E-state index contributed by atoms with van der Waals surface area (Å²) in [4.78, 5) is 4.67. The van der Waals surface area contributed by atoms with Crippen LogP contribution in [0.2, 0.25) is 0 Å². The van der Waals surface area contributed by atoms with Gasteiger partial charge in [0, 0.05) is 6.04 Å². The third-order valence-corrected chi connectivity index (χ3v) is 4.60. The number of aromatic nitrogens is 2.